The van der Waals surface area contributed by atoms with Crippen molar-refractivity contribution < 1.29 is 18.3 Å². The Morgan fingerprint density at radius 3 is 0.891 bits per heavy atom. The lowest BCUT2D eigenvalue weighted by Crippen LogP contribution is -2.08. The lowest BCUT2D eigenvalue weighted by Gasteiger charge is -2.15. The summed E-state index contributed by atoms with van der Waals surface area (Å²) in [5.74, 6) is 0.898. The molecule has 0 amide bonds. The zero-order valence-electron chi connectivity index (χ0n) is 85.7. The topological polar surface area (TPSA) is 297 Å². The first kappa shape index (κ1) is 120. The second-order valence-corrected chi connectivity index (χ2v) is 57.3. The van der Waals surface area contributed by atoms with Crippen LogP contribution in [0.4, 0.5) is 8.78 Å². The molecule has 12 rings (SSSR count). The van der Waals surface area contributed by atoms with Crippen molar-refractivity contribution in [3.63, 3.8) is 0 Å². The fourth-order valence-corrected chi connectivity index (χ4v) is 21.3. The summed E-state index contributed by atoms with van der Waals surface area (Å²) < 4.78 is 29.2. The molecule has 11 heterocycles. The van der Waals surface area contributed by atoms with Gasteiger partial charge in [-0.3, -0.25) is 4.79 Å². The van der Waals surface area contributed by atoms with E-state index < -0.39 is 6.43 Å². The number of aromatic nitrogens is 21. The smallest absolute Gasteiger partial charge is 0.293 e. The molecule has 0 saturated heterocycles. The summed E-state index contributed by atoms with van der Waals surface area (Å²) in [7, 11) is 1.61. The molecule has 1 fully saturated rings. The van der Waals surface area contributed by atoms with Crippen LogP contribution in [-0.2, 0) is 94.7 Å². The number of hydrogen-bond acceptors (Lipinski definition) is 34. The third-order valence-corrected chi connectivity index (χ3v) is 25.2. The Balaban J connectivity index is 0.000000481. The minimum atomic E-state index is -2.49. The molecule has 1 aliphatic rings. The average molecular weight is 1990 g/mol. The minimum Gasteiger partial charge on any atom is -0.472 e. The molecule has 0 bridgehead atoms. The monoisotopic (exact) mass is 1990 g/mol. The van der Waals surface area contributed by atoms with Crippen molar-refractivity contribution in [1.29, 1.82) is 0 Å². The minimum absolute atomic E-state index is 0.0684. The third-order valence-electron chi connectivity index (χ3n) is 15.4. The summed E-state index contributed by atoms with van der Waals surface area (Å²) in [6.07, 6.45) is 13.4. The molecule has 129 heavy (non-hydrogen) atoms. The van der Waals surface area contributed by atoms with Crippen molar-refractivity contribution in [2.45, 2.75) is 385 Å². The Morgan fingerprint density at radius 1 is 0.341 bits per heavy atom. The van der Waals surface area contributed by atoms with Gasteiger partial charge in [0.15, 0.2) is 5.01 Å². The van der Waals surface area contributed by atoms with Gasteiger partial charge < -0.3 is 4.74 Å². The third kappa shape index (κ3) is 65.0. The van der Waals surface area contributed by atoms with Crippen molar-refractivity contribution in [2.24, 2.45) is 59.6 Å². The lowest BCUT2D eigenvalue weighted by molar-refractivity contribution is -0.116. The van der Waals surface area contributed by atoms with Crippen LogP contribution >= 0.6 is 125 Å². The summed E-state index contributed by atoms with van der Waals surface area (Å²) in [5, 5.41) is 101. The summed E-state index contributed by atoms with van der Waals surface area (Å²) in [4.78, 5) is 15.1. The van der Waals surface area contributed by atoms with Gasteiger partial charge >= 0.3 is 0 Å². The van der Waals surface area contributed by atoms with Crippen LogP contribution < -0.4 is 4.74 Å². The molecular formula is C93H157F2N21O2S11. The number of methoxy groups -OCH3 is 1. The van der Waals surface area contributed by atoms with Crippen LogP contribution in [0.15, 0.2) is 16.4 Å². The number of carbonyl (C=O) groups is 1. The Labute approximate surface area is 818 Å². The van der Waals surface area contributed by atoms with Gasteiger partial charge in [0.1, 0.15) is 96.4 Å². The van der Waals surface area contributed by atoms with E-state index in [1.807, 2.05) is 58.4 Å². The van der Waals surface area contributed by atoms with E-state index in [2.05, 4.69) is 334 Å². The maximum Gasteiger partial charge on any atom is 0.293 e. The number of ether oxygens (including phenoxy) is 1. The van der Waals surface area contributed by atoms with Gasteiger partial charge in [-0.05, 0) is 119 Å². The van der Waals surface area contributed by atoms with Crippen LogP contribution in [0.3, 0.4) is 0 Å². The van der Waals surface area contributed by atoms with Crippen molar-refractivity contribution in [3.8, 4) is 5.19 Å². The zero-order valence-corrected chi connectivity index (χ0v) is 94.6. The van der Waals surface area contributed by atoms with Crippen LogP contribution in [0.25, 0.3) is 0 Å². The highest BCUT2D eigenvalue weighted by molar-refractivity contribution is 7.14. The molecule has 726 valence electrons. The van der Waals surface area contributed by atoms with Crippen molar-refractivity contribution in [2.75, 3.05) is 7.11 Å². The maximum absolute atomic E-state index is 12.1. The molecule has 0 unspecified atom stereocenters. The molecule has 0 aliphatic heterocycles. The van der Waals surface area contributed by atoms with E-state index in [1.54, 1.807) is 110 Å². The lowest BCUT2D eigenvalue weighted by atomic mass is 9.91. The number of carbonyl (C=O) groups excluding carboxylic acids is 1. The number of aryl methyl sites for hydroxylation is 5. The number of rotatable bonds is 18. The molecule has 0 N–H and O–H groups in total. The van der Waals surface area contributed by atoms with Crippen molar-refractivity contribution in [1.82, 2.24) is 107 Å². The second kappa shape index (κ2) is 54.9. The molecular weight excluding hydrogens is 1830 g/mol. The summed E-state index contributed by atoms with van der Waals surface area (Å²) in [6, 6.07) is 0. The molecule has 11 aromatic heterocycles. The van der Waals surface area contributed by atoms with Crippen LogP contribution in [-0.4, -0.2) is 120 Å². The zero-order chi connectivity index (χ0) is 98.5. The van der Waals surface area contributed by atoms with Crippen LogP contribution in [0.1, 0.15) is 370 Å². The number of alkyl halides is 2. The predicted octanol–water partition coefficient (Wildman–Crippen LogP) is 28.0. The Morgan fingerprint density at radius 2 is 0.628 bits per heavy atom. The number of thiazole rings is 1. The molecule has 0 radical (unpaired) electrons. The van der Waals surface area contributed by atoms with Gasteiger partial charge in [0.2, 0.25) is 0 Å². The SMILES string of the molecule is CC(=O)Cc1nnc(CC(C)(C)C)s1.CC(C)(C)Cc1cscn1.CC(C)(C)Cc1nnc(C(F)F)s1.CC(C)(C)Cc1nnc(C2CC2)s1.CC(C)(C)Cc1nncs1.CCc1nnc(CC(C)(C)C)s1.CCc1nnc(CC(C)(C)C)s1.COc1nnc(CC(C)(C)C)s1.Cc1nnc(CC(C)(C)C)s1.Cc1nnc(CC(C)(C)C)s1.Cc1nnc(CC(C)(C)C)s1. The number of halogens is 2. The van der Waals surface area contributed by atoms with Gasteiger partial charge in [0, 0.05) is 75.5 Å². The molecule has 23 nitrogen and oxygen atoms in total. The molecule has 11 aromatic rings. The first-order chi connectivity index (χ1) is 58.9. The van der Waals surface area contributed by atoms with Crippen molar-refractivity contribution in [3.05, 3.63) is 112 Å². The fraction of sp³-hybridized carbons (Fsp3) is 0.742. The maximum atomic E-state index is 12.1. The summed E-state index contributed by atoms with van der Waals surface area (Å²) in [6.45, 7) is 84.2. The van der Waals surface area contributed by atoms with Gasteiger partial charge in [-0.2, -0.15) is 0 Å². The van der Waals surface area contributed by atoms with E-state index in [1.165, 1.54) is 49.9 Å². The van der Waals surface area contributed by atoms with E-state index in [9.17, 15) is 13.6 Å². The average Bonchev–Trinajstić information content (AvgIpc) is 1.69. The van der Waals surface area contributed by atoms with Gasteiger partial charge in [0.25, 0.3) is 11.6 Å². The molecule has 36 heteroatoms. The molecule has 0 spiro atoms. The van der Waals surface area contributed by atoms with Gasteiger partial charge in [0.05, 0.1) is 24.7 Å². The number of ketones is 1. The number of nitrogens with zero attached hydrogens (tertiary/aromatic N) is 21. The Kier molecular flexibility index (Phi) is 50.9. The molecule has 0 atom stereocenters. The van der Waals surface area contributed by atoms with Gasteiger partial charge in [-0.1, -0.05) is 265 Å². The quantitative estimate of drug-likeness (QED) is 0.0771. The summed E-state index contributed by atoms with van der Waals surface area (Å²) in [5.41, 5.74) is 8.11. The largest absolute Gasteiger partial charge is 0.472 e. The normalized spacial score (nSPS) is 12.6. The fourth-order valence-electron chi connectivity index (χ4n) is 10.2. The number of hydrogen-bond donors (Lipinski definition) is 0. The van der Waals surface area contributed by atoms with Crippen LogP contribution in [0, 0.1) is 80.3 Å². The first-order valence-corrected chi connectivity index (χ1v) is 53.3. The van der Waals surface area contributed by atoms with Crippen LogP contribution in [0.2, 0.25) is 0 Å². The second-order valence-electron chi connectivity index (χ2n) is 45.2. The Hall–Kier alpha value is -5.44. The highest BCUT2D eigenvalue weighted by Gasteiger charge is 2.29. The molecule has 1 saturated carbocycles. The van der Waals surface area contributed by atoms with Gasteiger partial charge in [-0.25, -0.2) is 13.8 Å². The highest BCUT2D eigenvalue weighted by atomic mass is 32.1. The van der Waals surface area contributed by atoms with E-state index in [-0.39, 0.29) is 27.0 Å². The first-order valence-electron chi connectivity index (χ1n) is 44.1. The summed E-state index contributed by atoms with van der Waals surface area (Å²) >= 11 is 17.7. The Bertz CT molecular complexity index is 4440. The highest BCUT2D eigenvalue weighted by Crippen LogP contribution is 2.42. The van der Waals surface area contributed by atoms with E-state index in [0.29, 0.717) is 66.4 Å². The standard InChI is InChI=1S/C10H16N2OS.C10H16N2S.2C9H16N2S.C8H12F2N2S.C8H14N2OS.3C8H14N2S.C8H13NS.C7H12N2S/c1-7(13)5-8-11-12-9(14-8)6-10(2,3)4;1-10(2,3)6-8-11-12-9(13-8)7-4-5-7;2*1-5-7-10-11-8(12-7)6-9(2,3)4;1-8(2,3)4-5-11-12-7(13-5)6(9)10;1-8(2,3)5-6-9-10-7(11-4)12-6;3*1-6-9-10-7(11-6)5-8(2,3)4;1-8(2,3)4-7-5-10-6-9-7;1-7(2,3)4-6-9-8-5-10-6/h5-6H2,1-4H3;7H,4-6H2,1-3H3;2*5-6H2,1-4H3;6H,4H2,1-3H3;5H2,1-4H3;3*5H2,1-4H3;5-6H,4H2,1-3H3;5H,4H2,1-3H3. The van der Waals surface area contributed by atoms with E-state index in [4.69, 9.17) is 4.74 Å². The number of Topliss-reactive ketones (excluding diaryl/α,β-unsaturated/α-hetero) is 1. The van der Waals surface area contributed by atoms with Crippen LogP contribution in [0.5, 0.6) is 5.19 Å². The molecule has 1 aliphatic carbocycles. The predicted molar refractivity (Wildman–Crippen MR) is 547 cm³/mol. The van der Waals surface area contributed by atoms with Gasteiger partial charge in [-0.15, -0.1) is 204 Å². The van der Waals surface area contributed by atoms with E-state index in [0.717, 1.165) is 154 Å². The van der Waals surface area contributed by atoms with E-state index >= 15 is 0 Å². The van der Waals surface area contributed by atoms with Crippen molar-refractivity contribution >= 4 is 130 Å². The molecule has 0 aromatic carbocycles.